The molecule has 0 aliphatic rings. The van der Waals surface area contributed by atoms with Crippen LogP contribution in [0.2, 0.25) is 0 Å². The number of nitrogens with zero attached hydrogens (tertiary/aromatic N) is 2. The van der Waals surface area contributed by atoms with E-state index in [0.717, 1.165) is 17.4 Å². The molecule has 1 rings (SSSR count). The van der Waals surface area contributed by atoms with Crippen molar-refractivity contribution in [1.29, 1.82) is 0 Å². The molecule has 0 saturated carbocycles. The third-order valence-corrected chi connectivity index (χ3v) is 1.63. The van der Waals surface area contributed by atoms with Gasteiger partial charge >= 0.3 is 0 Å². The standard InChI is InChI=1S/C7H8N2OS/c1-2-3-7(10)4-6-5-8-11-9-6/h2-3,5H,4H2,1H3/b3-2+. The average molecular weight is 168 g/mol. The van der Waals surface area contributed by atoms with Crippen molar-refractivity contribution in [2.75, 3.05) is 0 Å². The van der Waals surface area contributed by atoms with Crippen LogP contribution in [0.5, 0.6) is 0 Å². The molecule has 0 saturated heterocycles. The van der Waals surface area contributed by atoms with Gasteiger partial charge in [0.05, 0.1) is 30.0 Å². The van der Waals surface area contributed by atoms with Crippen LogP contribution < -0.4 is 0 Å². The van der Waals surface area contributed by atoms with Gasteiger partial charge < -0.3 is 0 Å². The SMILES string of the molecule is C/C=C/C(=O)Cc1cnsn1. The smallest absolute Gasteiger partial charge is 0.161 e. The van der Waals surface area contributed by atoms with Crippen molar-refractivity contribution in [1.82, 2.24) is 8.75 Å². The Balaban J connectivity index is 2.50. The highest BCUT2D eigenvalue weighted by molar-refractivity contribution is 6.99. The minimum Gasteiger partial charge on any atom is -0.294 e. The van der Waals surface area contributed by atoms with Crippen molar-refractivity contribution in [3.8, 4) is 0 Å². The third-order valence-electron chi connectivity index (χ3n) is 1.11. The largest absolute Gasteiger partial charge is 0.294 e. The molecule has 0 radical (unpaired) electrons. The fourth-order valence-corrected chi connectivity index (χ4v) is 1.12. The van der Waals surface area contributed by atoms with Crippen molar-refractivity contribution >= 4 is 17.5 Å². The maximum Gasteiger partial charge on any atom is 0.161 e. The van der Waals surface area contributed by atoms with Gasteiger partial charge in [-0.2, -0.15) is 8.75 Å². The van der Waals surface area contributed by atoms with Crippen molar-refractivity contribution < 1.29 is 4.79 Å². The molecule has 0 aliphatic heterocycles. The van der Waals surface area contributed by atoms with E-state index >= 15 is 0 Å². The molecule has 58 valence electrons. The lowest BCUT2D eigenvalue weighted by Gasteiger charge is -1.86. The van der Waals surface area contributed by atoms with Gasteiger partial charge in [0.15, 0.2) is 5.78 Å². The normalized spacial score (nSPS) is 10.6. The second kappa shape index (κ2) is 3.98. The first-order valence-corrected chi connectivity index (χ1v) is 3.98. The lowest BCUT2D eigenvalue weighted by Crippen LogP contribution is -1.97. The molecule has 1 aromatic rings. The van der Waals surface area contributed by atoms with Gasteiger partial charge in [0.2, 0.25) is 0 Å². The summed E-state index contributed by atoms with van der Waals surface area (Å²) in [5.74, 6) is 0.0696. The lowest BCUT2D eigenvalue weighted by molar-refractivity contribution is -0.114. The molecule has 0 unspecified atom stereocenters. The Kier molecular flexibility index (Phi) is 2.92. The first-order valence-electron chi connectivity index (χ1n) is 3.25. The van der Waals surface area contributed by atoms with Crippen LogP contribution in [0.4, 0.5) is 0 Å². The number of allylic oxidation sites excluding steroid dienone is 2. The van der Waals surface area contributed by atoms with Gasteiger partial charge in [-0.05, 0) is 13.0 Å². The van der Waals surface area contributed by atoms with Crippen LogP contribution in [-0.4, -0.2) is 14.5 Å². The van der Waals surface area contributed by atoms with Gasteiger partial charge in [-0.15, -0.1) is 0 Å². The highest BCUT2D eigenvalue weighted by atomic mass is 32.1. The molecule has 1 aromatic heterocycles. The fraction of sp³-hybridized carbons (Fsp3) is 0.286. The molecule has 0 aliphatic carbocycles. The summed E-state index contributed by atoms with van der Waals surface area (Å²) < 4.78 is 7.70. The Labute approximate surface area is 69.1 Å². The molecular weight excluding hydrogens is 160 g/mol. The molecule has 0 atom stereocenters. The average Bonchev–Trinajstić information content (AvgIpc) is 2.40. The van der Waals surface area contributed by atoms with E-state index < -0.39 is 0 Å². The molecule has 0 N–H and O–H groups in total. The van der Waals surface area contributed by atoms with Crippen LogP contribution in [0.25, 0.3) is 0 Å². The van der Waals surface area contributed by atoms with Crippen molar-refractivity contribution in [2.45, 2.75) is 13.3 Å². The maximum atomic E-state index is 11.0. The monoisotopic (exact) mass is 168 g/mol. The first kappa shape index (κ1) is 8.07. The molecule has 0 spiro atoms. The van der Waals surface area contributed by atoms with Gasteiger partial charge in [-0.3, -0.25) is 4.79 Å². The summed E-state index contributed by atoms with van der Waals surface area (Å²) in [5.41, 5.74) is 0.748. The van der Waals surface area contributed by atoms with E-state index in [0.29, 0.717) is 6.42 Å². The minimum absolute atomic E-state index is 0.0696. The molecular formula is C7H8N2OS. The summed E-state index contributed by atoms with van der Waals surface area (Å²) in [6, 6.07) is 0. The van der Waals surface area contributed by atoms with Crippen LogP contribution in [-0.2, 0) is 11.2 Å². The van der Waals surface area contributed by atoms with E-state index in [4.69, 9.17) is 0 Å². The van der Waals surface area contributed by atoms with E-state index in [2.05, 4.69) is 8.75 Å². The zero-order valence-electron chi connectivity index (χ0n) is 6.15. The third kappa shape index (κ3) is 2.59. The number of hydrogen-bond acceptors (Lipinski definition) is 4. The zero-order valence-corrected chi connectivity index (χ0v) is 6.97. The van der Waals surface area contributed by atoms with Crippen LogP contribution in [0, 0.1) is 0 Å². The topological polar surface area (TPSA) is 42.9 Å². The number of rotatable bonds is 3. The molecule has 3 nitrogen and oxygen atoms in total. The molecule has 0 fully saturated rings. The summed E-state index contributed by atoms with van der Waals surface area (Å²) in [7, 11) is 0. The number of ketones is 1. The van der Waals surface area contributed by atoms with Crippen molar-refractivity contribution in [3.05, 3.63) is 24.0 Å². The van der Waals surface area contributed by atoms with E-state index in [1.807, 2.05) is 6.92 Å². The molecule has 0 aromatic carbocycles. The second-order valence-corrected chi connectivity index (χ2v) is 2.60. The van der Waals surface area contributed by atoms with Gasteiger partial charge in [0.1, 0.15) is 0 Å². The van der Waals surface area contributed by atoms with E-state index in [-0.39, 0.29) is 5.78 Å². The summed E-state index contributed by atoms with van der Waals surface area (Å²) >= 11 is 1.12. The van der Waals surface area contributed by atoms with Crippen LogP contribution in [0.3, 0.4) is 0 Å². The van der Waals surface area contributed by atoms with Gasteiger partial charge in [0, 0.05) is 0 Å². The summed E-state index contributed by atoms with van der Waals surface area (Å²) in [5, 5.41) is 0. The Morgan fingerprint density at radius 1 is 1.82 bits per heavy atom. The van der Waals surface area contributed by atoms with E-state index in [9.17, 15) is 4.79 Å². The van der Waals surface area contributed by atoms with E-state index in [1.165, 1.54) is 0 Å². The summed E-state index contributed by atoms with van der Waals surface area (Å²) in [4.78, 5) is 11.0. The quantitative estimate of drug-likeness (QED) is 0.637. The van der Waals surface area contributed by atoms with E-state index in [1.54, 1.807) is 18.3 Å². The summed E-state index contributed by atoms with van der Waals surface area (Å²) in [6.45, 7) is 1.82. The fourth-order valence-electron chi connectivity index (χ4n) is 0.685. The Morgan fingerprint density at radius 3 is 3.18 bits per heavy atom. The zero-order chi connectivity index (χ0) is 8.10. The highest BCUT2D eigenvalue weighted by Crippen LogP contribution is 1.97. The first-order chi connectivity index (χ1) is 5.33. The molecule has 11 heavy (non-hydrogen) atoms. The molecule has 0 amide bonds. The number of aromatic nitrogens is 2. The molecule has 0 bridgehead atoms. The summed E-state index contributed by atoms with van der Waals surface area (Å²) in [6.07, 6.45) is 5.24. The number of carbonyl (C=O) groups excluding carboxylic acids is 1. The number of hydrogen-bond donors (Lipinski definition) is 0. The molecule has 1 heterocycles. The van der Waals surface area contributed by atoms with Gasteiger partial charge in [-0.1, -0.05) is 6.08 Å². The van der Waals surface area contributed by atoms with Crippen molar-refractivity contribution in [2.24, 2.45) is 0 Å². The number of carbonyl (C=O) groups is 1. The lowest BCUT2D eigenvalue weighted by atomic mass is 10.2. The van der Waals surface area contributed by atoms with Crippen LogP contribution in [0.15, 0.2) is 18.3 Å². The Hall–Kier alpha value is -1.03. The minimum atomic E-state index is 0.0696. The van der Waals surface area contributed by atoms with Gasteiger partial charge in [0.25, 0.3) is 0 Å². The predicted molar refractivity (Wildman–Crippen MR) is 43.4 cm³/mol. The Bertz CT molecular complexity index is 253. The van der Waals surface area contributed by atoms with Crippen LogP contribution >= 0.6 is 11.7 Å². The van der Waals surface area contributed by atoms with Crippen molar-refractivity contribution in [3.63, 3.8) is 0 Å². The second-order valence-electron chi connectivity index (χ2n) is 2.04. The maximum absolute atomic E-state index is 11.0. The van der Waals surface area contributed by atoms with Gasteiger partial charge in [-0.25, -0.2) is 0 Å². The van der Waals surface area contributed by atoms with Crippen LogP contribution in [0.1, 0.15) is 12.6 Å². The highest BCUT2D eigenvalue weighted by Gasteiger charge is 2.00. The molecule has 4 heteroatoms. The Morgan fingerprint density at radius 2 is 2.64 bits per heavy atom. The predicted octanol–water partition coefficient (Wildman–Crippen LogP) is 1.23.